The maximum Gasteiger partial charge on any atom is 0.261 e. The third-order valence-electron chi connectivity index (χ3n) is 4.94. The molecule has 1 heterocycles. The zero-order chi connectivity index (χ0) is 21.3. The normalized spacial score (nSPS) is 10.9. The number of anilines is 1. The van der Waals surface area contributed by atoms with Crippen molar-refractivity contribution in [2.45, 2.75) is 20.4 Å². The van der Waals surface area contributed by atoms with E-state index in [0.29, 0.717) is 34.0 Å². The molecule has 0 aliphatic heterocycles. The lowest BCUT2D eigenvalue weighted by Gasteiger charge is -2.12. The van der Waals surface area contributed by atoms with Crippen LogP contribution in [0.5, 0.6) is 0 Å². The second-order valence-corrected chi connectivity index (χ2v) is 7.60. The summed E-state index contributed by atoms with van der Waals surface area (Å²) in [6.07, 6.45) is 0. The van der Waals surface area contributed by atoms with E-state index in [1.165, 1.54) is 6.92 Å². The van der Waals surface area contributed by atoms with E-state index in [4.69, 9.17) is 11.6 Å². The minimum atomic E-state index is -0.185. The Balaban J connectivity index is 1.66. The van der Waals surface area contributed by atoms with Crippen LogP contribution in [0.2, 0.25) is 5.02 Å². The van der Waals surface area contributed by atoms with E-state index >= 15 is 0 Å². The lowest BCUT2D eigenvalue weighted by Crippen LogP contribution is -2.24. The number of carbonyl (C=O) groups excluding carboxylic acids is 1. The zero-order valence-electron chi connectivity index (χ0n) is 16.6. The first-order chi connectivity index (χ1) is 14.4. The Hall–Kier alpha value is -3.44. The highest BCUT2D eigenvalue weighted by molar-refractivity contribution is 6.30. The quantitative estimate of drug-likeness (QED) is 0.506. The molecule has 0 unspecified atom stereocenters. The number of benzene rings is 3. The minimum Gasteiger partial charge on any atom is -0.326 e. The molecule has 5 nitrogen and oxygen atoms in total. The highest BCUT2D eigenvalue weighted by atomic mass is 35.5. The Morgan fingerprint density at radius 1 is 1.00 bits per heavy atom. The molecule has 0 saturated heterocycles. The Labute approximate surface area is 179 Å². The van der Waals surface area contributed by atoms with Gasteiger partial charge in [0.2, 0.25) is 5.91 Å². The summed E-state index contributed by atoms with van der Waals surface area (Å²) >= 11 is 5.96. The lowest BCUT2D eigenvalue weighted by molar-refractivity contribution is -0.114. The smallest absolute Gasteiger partial charge is 0.261 e. The van der Waals surface area contributed by atoms with Gasteiger partial charge >= 0.3 is 0 Å². The van der Waals surface area contributed by atoms with Gasteiger partial charge in [-0.25, -0.2) is 4.98 Å². The summed E-state index contributed by atoms with van der Waals surface area (Å²) in [5.74, 6) is 0.456. The van der Waals surface area contributed by atoms with Gasteiger partial charge in [-0.05, 0) is 53.9 Å². The molecule has 30 heavy (non-hydrogen) atoms. The van der Waals surface area contributed by atoms with Gasteiger partial charge in [0.25, 0.3) is 5.56 Å². The van der Waals surface area contributed by atoms with Crippen molar-refractivity contribution in [3.05, 3.63) is 93.5 Å². The van der Waals surface area contributed by atoms with Crippen molar-refractivity contribution < 1.29 is 4.79 Å². The van der Waals surface area contributed by atoms with Crippen LogP contribution >= 0.6 is 11.6 Å². The summed E-state index contributed by atoms with van der Waals surface area (Å²) in [6.45, 7) is 3.67. The van der Waals surface area contributed by atoms with Gasteiger partial charge in [-0.3, -0.25) is 14.2 Å². The van der Waals surface area contributed by atoms with E-state index in [1.807, 2.05) is 55.5 Å². The van der Waals surface area contributed by atoms with Crippen LogP contribution in [0.25, 0.3) is 22.0 Å². The van der Waals surface area contributed by atoms with Crippen LogP contribution in [0, 0.1) is 6.92 Å². The minimum absolute atomic E-state index is 0.133. The summed E-state index contributed by atoms with van der Waals surface area (Å²) in [5, 5.41) is 3.89. The molecule has 4 aromatic rings. The van der Waals surface area contributed by atoms with Crippen molar-refractivity contribution in [2.75, 3.05) is 5.32 Å². The number of fused-ring (bicyclic) bond motifs is 1. The number of rotatable bonds is 4. The molecule has 0 fully saturated rings. The number of hydrogen-bond donors (Lipinski definition) is 1. The van der Waals surface area contributed by atoms with E-state index in [9.17, 15) is 9.59 Å². The van der Waals surface area contributed by atoms with Crippen LogP contribution in [0.4, 0.5) is 5.69 Å². The van der Waals surface area contributed by atoms with Crippen molar-refractivity contribution in [3.8, 4) is 11.1 Å². The van der Waals surface area contributed by atoms with Crippen molar-refractivity contribution in [2.24, 2.45) is 0 Å². The summed E-state index contributed by atoms with van der Waals surface area (Å²) in [6, 6.07) is 20.9. The SMILES string of the molecule is CC(=O)Nc1ccc2nc(C)n(Cc3ccc(-c4ccc(Cl)cc4)cc3)c(=O)c2c1. The molecule has 6 heteroatoms. The Kier molecular flexibility index (Phi) is 5.38. The number of carbonyl (C=O) groups is 1. The summed E-state index contributed by atoms with van der Waals surface area (Å²) < 4.78 is 1.65. The molecular weight excluding hydrogens is 398 g/mol. The zero-order valence-corrected chi connectivity index (χ0v) is 17.4. The Morgan fingerprint density at radius 2 is 1.63 bits per heavy atom. The number of aryl methyl sites for hydroxylation is 1. The second-order valence-electron chi connectivity index (χ2n) is 7.17. The summed E-state index contributed by atoms with van der Waals surface area (Å²) in [7, 11) is 0. The molecule has 0 bridgehead atoms. The predicted molar refractivity (Wildman–Crippen MR) is 121 cm³/mol. The fourth-order valence-corrected chi connectivity index (χ4v) is 3.55. The largest absolute Gasteiger partial charge is 0.326 e. The fraction of sp³-hybridized carbons (Fsp3) is 0.125. The molecule has 0 aliphatic rings. The monoisotopic (exact) mass is 417 g/mol. The molecule has 3 aromatic carbocycles. The molecule has 4 rings (SSSR count). The van der Waals surface area contributed by atoms with Gasteiger partial charge in [0.1, 0.15) is 5.82 Å². The molecule has 1 amide bonds. The fourth-order valence-electron chi connectivity index (χ4n) is 3.43. The van der Waals surface area contributed by atoms with Crippen LogP contribution in [-0.4, -0.2) is 15.5 Å². The second kappa shape index (κ2) is 8.13. The van der Waals surface area contributed by atoms with E-state index < -0.39 is 0 Å². The number of nitrogens with zero attached hydrogens (tertiary/aromatic N) is 2. The van der Waals surface area contributed by atoms with E-state index in [0.717, 1.165) is 16.7 Å². The predicted octanol–water partition coefficient (Wildman–Crippen LogP) is 5.03. The first-order valence-electron chi connectivity index (χ1n) is 9.54. The average molecular weight is 418 g/mol. The molecule has 0 spiro atoms. The van der Waals surface area contributed by atoms with E-state index in [-0.39, 0.29) is 11.5 Å². The molecule has 0 aliphatic carbocycles. The molecule has 0 radical (unpaired) electrons. The van der Waals surface area contributed by atoms with Crippen LogP contribution in [0.1, 0.15) is 18.3 Å². The average Bonchev–Trinajstić information content (AvgIpc) is 2.72. The Morgan fingerprint density at radius 3 is 2.27 bits per heavy atom. The third kappa shape index (κ3) is 4.11. The molecular formula is C24H20ClN3O2. The van der Waals surface area contributed by atoms with Crippen molar-refractivity contribution in [3.63, 3.8) is 0 Å². The standard InChI is InChI=1S/C24H20ClN3O2/c1-15-26-23-12-11-21(27-16(2)29)13-22(23)24(30)28(15)14-17-3-5-18(6-4-17)19-7-9-20(25)10-8-19/h3-13H,14H2,1-2H3,(H,27,29). The third-order valence-corrected chi connectivity index (χ3v) is 5.19. The lowest BCUT2D eigenvalue weighted by atomic mass is 10.0. The van der Waals surface area contributed by atoms with Crippen LogP contribution in [-0.2, 0) is 11.3 Å². The topological polar surface area (TPSA) is 64.0 Å². The maximum atomic E-state index is 13.1. The first-order valence-corrected chi connectivity index (χ1v) is 9.92. The van der Waals surface area contributed by atoms with Gasteiger partial charge < -0.3 is 5.32 Å². The number of aromatic nitrogens is 2. The van der Waals surface area contributed by atoms with Gasteiger partial charge in [0, 0.05) is 17.6 Å². The van der Waals surface area contributed by atoms with Gasteiger partial charge in [0.05, 0.1) is 17.4 Å². The van der Waals surface area contributed by atoms with E-state index in [2.05, 4.69) is 10.3 Å². The maximum absolute atomic E-state index is 13.1. The summed E-state index contributed by atoms with van der Waals surface area (Å²) in [5.41, 5.74) is 4.22. The molecule has 1 N–H and O–H groups in total. The van der Waals surface area contributed by atoms with Crippen LogP contribution < -0.4 is 10.9 Å². The van der Waals surface area contributed by atoms with E-state index in [1.54, 1.807) is 22.8 Å². The van der Waals surface area contributed by atoms with Gasteiger partial charge in [0.15, 0.2) is 0 Å². The molecule has 0 atom stereocenters. The van der Waals surface area contributed by atoms with Crippen LogP contribution in [0.3, 0.4) is 0 Å². The van der Waals surface area contributed by atoms with Crippen molar-refractivity contribution >= 4 is 34.1 Å². The highest BCUT2D eigenvalue weighted by Gasteiger charge is 2.10. The van der Waals surface area contributed by atoms with Crippen molar-refractivity contribution in [1.29, 1.82) is 0 Å². The Bertz CT molecular complexity index is 1290. The summed E-state index contributed by atoms with van der Waals surface area (Å²) in [4.78, 5) is 29.0. The highest BCUT2D eigenvalue weighted by Crippen LogP contribution is 2.22. The number of hydrogen-bond acceptors (Lipinski definition) is 3. The number of halogens is 1. The number of amides is 1. The van der Waals surface area contributed by atoms with Gasteiger partial charge in [-0.15, -0.1) is 0 Å². The van der Waals surface area contributed by atoms with Gasteiger partial charge in [-0.2, -0.15) is 0 Å². The molecule has 1 aromatic heterocycles. The molecule has 0 saturated carbocycles. The van der Waals surface area contributed by atoms with Crippen LogP contribution in [0.15, 0.2) is 71.5 Å². The van der Waals surface area contributed by atoms with Crippen molar-refractivity contribution in [1.82, 2.24) is 9.55 Å². The number of nitrogens with one attached hydrogen (secondary N) is 1. The first kappa shape index (κ1) is 19.9. The van der Waals surface area contributed by atoms with Gasteiger partial charge in [-0.1, -0.05) is 48.0 Å². The molecule has 150 valence electrons.